The fourth-order valence-electron chi connectivity index (χ4n) is 0.334. The fraction of sp³-hybridized carbons (Fsp3) is 0.333. The van der Waals surface area contributed by atoms with Crippen LogP contribution in [0.5, 0.6) is 0 Å². The van der Waals surface area contributed by atoms with Crippen LogP contribution in [-0.2, 0) is 9.59 Å². The molecule has 1 atom stereocenters. The van der Waals surface area contributed by atoms with E-state index >= 15 is 0 Å². The minimum atomic E-state index is -1.27. The van der Waals surface area contributed by atoms with Crippen molar-refractivity contribution in [3.05, 3.63) is 12.2 Å². The van der Waals surface area contributed by atoms with E-state index in [-0.39, 0.29) is 57.0 Å². The molecule has 0 radical (unpaired) electrons. The number of hydrogen-bond donors (Lipinski definition) is 2. The van der Waals surface area contributed by atoms with Crippen LogP contribution >= 0.6 is 0 Å². The molecular formula is C6H9KO4. The molecule has 0 saturated carbocycles. The summed E-state index contributed by atoms with van der Waals surface area (Å²) >= 11 is 0. The minimum absolute atomic E-state index is 0. The molecule has 0 rings (SSSR count). The van der Waals surface area contributed by atoms with Gasteiger partial charge in [0.25, 0.3) is 0 Å². The Kier molecular flexibility index (Phi) is 7.45. The van der Waals surface area contributed by atoms with Crippen LogP contribution in [0.2, 0.25) is 0 Å². The zero-order valence-corrected chi connectivity index (χ0v) is 5.50. The maximum absolute atomic E-state index is 10.1. The third-order valence-electron chi connectivity index (χ3n) is 1.17. The number of rotatable bonds is 3. The van der Waals surface area contributed by atoms with E-state index in [1.54, 1.807) is 0 Å². The van der Waals surface area contributed by atoms with E-state index in [1.807, 2.05) is 0 Å². The van der Waals surface area contributed by atoms with Crippen LogP contribution in [0.15, 0.2) is 12.2 Å². The van der Waals surface area contributed by atoms with Crippen molar-refractivity contribution < 1.29 is 19.8 Å². The van der Waals surface area contributed by atoms with E-state index in [9.17, 15) is 9.59 Å². The molecule has 2 N–H and O–H groups in total. The van der Waals surface area contributed by atoms with Gasteiger partial charge >= 0.3 is 63.3 Å². The van der Waals surface area contributed by atoms with Crippen molar-refractivity contribution in [3.63, 3.8) is 0 Å². The van der Waals surface area contributed by atoms with Gasteiger partial charge < -0.3 is 10.2 Å². The molecule has 0 spiro atoms. The number of aliphatic carboxylic acids is 2. The third kappa shape index (κ3) is 4.70. The van der Waals surface area contributed by atoms with E-state index in [0.29, 0.717) is 0 Å². The summed E-state index contributed by atoms with van der Waals surface area (Å²) < 4.78 is 0. The van der Waals surface area contributed by atoms with Crippen molar-refractivity contribution in [2.45, 2.75) is 6.92 Å². The van der Waals surface area contributed by atoms with Gasteiger partial charge in [0.15, 0.2) is 0 Å². The standard InChI is InChI=1S/C6H8O4.K.H/c1-3(5(7)8)4(2)6(9)10;;/h4H,1H2,2H3,(H,7,8)(H,9,10);;. The summed E-state index contributed by atoms with van der Waals surface area (Å²) in [6, 6.07) is 0. The molecule has 1 unspecified atom stereocenters. The average Bonchev–Trinajstić information content (AvgIpc) is 1.84. The summed E-state index contributed by atoms with van der Waals surface area (Å²) in [7, 11) is 0. The summed E-state index contributed by atoms with van der Waals surface area (Å²) in [5, 5.41) is 16.5. The van der Waals surface area contributed by atoms with Gasteiger partial charge in [-0.2, -0.15) is 0 Å². The van der Waals surface area contributed by atoms with E-state index < -0.39 is 17.9 Å². The molecule has 0 aliphatic carbocycles. The summed E-state index contributed by atoms with van der Waals surface area (Å²) in [6.07, 6.45) is 0. The number of hydrogen-bond acceptors (Lipinski definition) is 2. The molecule has 0 fully saturated rings. The Morgan fingerprint density at radius 2 is 1.73 bits per heavy atom. The van der Waals surface area contributed by atoms with Crippen molar-refractivity contribution in [3.8, 4) is 0 Å². The van der Waals surface area contributed by atoms with Gasteiger partial charge in [0.05, 0.1) is 5.92 Å². The first-order valence-corrected chi connectivity index (χ1v) is 2.61. The van der Waals surface area contributed by atoms with Crippen LogP contribution < -0.4 is 0 Å². The van der Waals surface area contributed by atoms with Gasteiger partial charge in [0, 0.05) is 5.57 Å². The first-order valence-electron chi connectivity index (χ1n) is 2.61. The van der Waals surface area contributed by atoms with Crippen LogP contribution in [0.1, 0.15) is 6.92 Å². The molecule has 0 aromatic rings. The summed E-state index contributed by atoms with van der Waals surface area (Å²) in [5.74, 6) is -3.46. The SMILES string of the molecule is C=C(C(=O)O)C(C)C(=O)O.[KH]. The second-order valence-corrected chi connectivity index (χ2v) is 1.89. The van der Waals surface area contributed by atoms with E-state index in [2.05, 4.69) is 6.58 Å². The third-order valence-corrected chi connectivity index (χ3v) is 1.17. The van der Waals surface area contributed by atoms with Gasteiger partial charge in [0.2, 0.25) is 0 Å². The number of carboxylic acids is 2. The van der Waals surface area contributed by atoms with Crippen molar-refractivity contribution in [1.29, 1.82) is 0 Å². The molecule has 11 heavy (non-hydrogen) atoms. The summed E-state index contributed by atoms with van der Waals surface area (Å²) in [6.45, 7) is 4.37. The Morgan fingerprint density at radius 1 is 1.36 bits per heavy atom. The molecule has 0 amide bonds. The van der Waals surface area contributed by atoms with Crippen molar-refractivity contribution >= 4 is 63.3 Å². The van der Waals surface area contributed by atoms with Gasteiger partial charge in [0.1, 0.15) is 0 Å². The van der Waals surface area contributed by atoms with Crippen molar-refractivity contribution in [2.75, 3.05) is 0 Å². The first-order chi connectivity index (χ1) is 4.46. The predicted molar refractivity (Wildman–Crippen MR) is 40.7 cm³/mol. The van der Waals surface area contributed by atoms with Gasteiger partial charge in [-0.3, -0.25) is 4.79 Å². The van der Waals surface area contributed by atoms with E-state index in [4.69, 9.17) is 10.2 Å². The Labute approximate surface area is 107 Å². The Morgan fingerprint density at radius 3 is 1.82 bits per heavy atom. The van der Waals surface area contributed by atoms with Gasteiger partial charge in [-0.25, -0.2) is 4.79 Å². The van der Waals surface area contributed by atoms with Crippen LogP contribution in [0.25, 0.3) is 0 Å². The average molecular weight is 184 g/mol. The van der Waals surface area contributed by atoms with Crippen LogP contribution in [-0.4, -0.2) is 73.5 Å². The van der Waals surface area contributed by atoms with Crippen LogP contribution in [0.4, 0.5) is 0 Å². The van der Waals surface area contributed by atoms with Crippen molar-refractivity contribution in [1.82, 2.24) is 0 Å². The van der Waals surface area contributed by atoms with Crippen molar-refractivity contribution in [2.24, 2.45) is 5.92 Å². The zero-order chi connectivity index (χ0) is 8.31. The Hall–Kier alpha value is 0.316. The molecular weight excluding hydrogens is 175 g/mol. The zero-order valence-electron chi connectivity index (χ0n) is 5.50. The molecule has 0 aliphatic heterocycles. The van der Waals surface area contributed by atoms with Gasteiger partial charge in [-0.15, -0.1) is 0 Å². The Bertz CT molecular complexity index is 187. The van der Waals surface area contributed by atoms with E-state index in [1.165, 1.54) is 6.92 Å². The molecule has 0 saturated heterocycles. The molecule has 0 aromatic carbocycles. The molecule has 58 valence electrons. The summed E-state index contributed by atoms with van der Waals surface area (Å²) in [4.78, 5) is 20.2. The number of carboxylic acid groups (broad SMARTS) is 2. The molecule has 0 heterocycles. The maximum atomic E-state index is 10.1. The normalized spacial score (nSPS) is 11.0. The quantitative estimate of drug-likeness (QED) is 0.466. The molecule has 0 aromatic heterocycles. The molecule has 4 nitrogen and oxygen atoms in total. The second-order valence-electron chi connectivity index (χ2n) is 1.89. The van der Waals surface area contributed by atoms with Gasteiger partial charge in [-0.05, 0) is 6.92 Å². The second kappa shape index (κ2) is 5.90. The fourth-order valence-corrected chi connectivity index (χ4v) is 0.334. The summed E-state index contributed by atoms with van der Waals surface area (Å²) in [5.41, 5.74) is -0.299. The predicted octanol–water partition coefficient (Wildman–Crippen LogP) is -0.301. The molecule has 0 aliphatic rings. The van der Waals surface area contributed by atoms with E-state index in [0.717, 1.165) is 0 Å². The monoisotopic (exact) mass is 184 g/mol. The first kappa shape index (κ1) is 13.9. The molecule has 0 bridgehead atoms. The topological polar surface area (TPSA) is 74.6 Å². The van der Waals surface area contributed by atoms with Crippen LogP contribution in [0, 0.1) is 5.92 Å². The van der Waals surface area contributed by atoms with Crippen LogP contribution in [0.3, 0.4) is 0 Å². The molecule has 5 heteroatoms. The Balaban J connectivity index is 0. The number of carbonyl (C=O) groups is 2. The van der Waals surface area contributed by atoms with Gasteiger partial charge in [-0.1, -0.05) is 6.58 Å².